The molecule has 1 nitrogen and oxygen atoms in total. The minimum Gasteiger partial charge on any atom is -0.484 e. The van der Waals surface area contributed by atoms with E-state index in [1.165, 1.54) is 23.1 Å². The average Bonchev–Trinajstić information content (AvgIpc) is 2.44. The molecule has 0 heterocycles. The van der Waals surface area contributed by atoms with Gasteiger partial charge in [-0.05, 0) is 70.4 Å². The fraction of sp³-hybridized carbons (Fsp3) is 0.333. The molecule has 0 amide bonds. The third-order valence-corrected chi connectivity index (χ3v) is 4.71. The molecule has 0 saturated carbocycles. The summed E-state index contributed by atoms with van der Waals surface area (Å²) in [6, 6.07) is 14.9. The van der Waals surface area contributed by atoms with Gasteiger partial charge in [-0.15, -0.1) is 0 Å². The summed E-state index contributed by atoms with van der Waals surface area (Å²) < 4.78 is 7.37. The Morgan fingerprint density at radius 1 is 1.15 bits per heavy atom. The van der Waals surface area contributed by atoms with E-state index in [4.69, 9.17) is 4.74 Å². The highest BCUT2D eigenvalue weighted by atomic mass is 79.9. The Bertz CT molecular complexity index is 621. The van der Waals surface area contributed by atoms with Crippen LogP contribution in [0.15, 0.2) is 46.9 Å². The Balaban J connectivity index is 1.93. The molecular weight excluding hydrogens is 312 g/mol. The highest BCUT2D eigenvalue weighted by molar-refractivity contribution is 9.10. The van der Waals surface area contributed by atoms with Crippen molar-refractivity contribution in [3.8, 4) is 5.75 Å². The van der Waals surface area contributed by atoms with Gasteiger partial charge in [0.2, 0.25) is 0 Å². The molecule has 1 unspecified atom stereocenters. The van der Waals surface area contributed by atoms with Gasteiger partial charge in [0.25, 0.3) is 0 Å². The van der Waals surface area contributed by atoms with E-state index in [9.17, 15) is 0 Å². The standard InChI is InChI=1S/C18H19BrO/c1-12-7-10-17(16(19)11-12)20-18-13(2)8-9-14-5-3-4-6-15(14)18/h3-7,10-11,13,18H,8-9H2,1-2H3/t13?,18-/m1/s1. The van der Waals surface area contributed by atoms with Crippen LogP contribution in [0.5, 0.6) is 5.75 Å². The molecule has 2 atom stereocenters. The maximum Gasteiger partial charge on any atom is 0.134 e. The van der Waals surface area contributed by atoms with E-state index in [2.05, 4.69) is 72.2 Å². The SMILES string of the molecule is Cc1ccc(O[C@H]2c3ccccc3CCC2C)c(Br)c1. The molecule has 1 aliphatic rings. The maximum absolute atomic E-state index is 6.33. The van der Waals surface area contributed by atoms with Crippen molar-refractivity contribution in [2.75, 3.05) is 0 Å². The largest absolute Gasteiger partial charge is 0.484 e. The van der Waals surface area contributed by atoms with Crippen molar-refractivity contribution in [3.63, 3.8) is 0 Å². The Morgan fingerprint density at radius 3 is 2.75 bits per heavy atom. The van der Waals surface area contributed by atoms with Crippen LogP contribution in [0.1, 0.15) is 36.1 Å². The van der Waals surface area contributed by atoms with Crippen LogP contribution in [0.25, 0.3) is 0 Å². The van der Waals surface area contributed by atoms with Crippen molar-refractivity contribution in [2.45, 2.75) is 32.8 Å². The van der Waals surface area contributed by atoms with E-state index < -0.39 is 0 Å². The van der Waals surface area contributed by atoms with E-state index in [0.717, 1.165) is 16.6 Å². The minimum absolute atomic E-state index is 0.152. The van der Waals surface area contributed by atoms with Crippen LogP contribution in [0.4, 0.5) is 0 Å². The number of halogens is 1. The lowest BCUT2D eigenvalue weighted by molar-refractivity contribution is 0.128. The highest BCUT2D eigenvalue weighted by Gasteiger charge is 2.28. The molecule has 2 aromatic rings. The van der Waals surface area contributed by atoms with Gasteiger partial charge in [-0.3, -0.25) is 0 Å². The van der Waals surface area contributed by atoms with Gasteiger partial charge in [0.15, 0.2) is 0 Å². The summed E-state index contributed by atoms with van der Waals surface area (Å²) >= 11 is 3.61. The van der Waals surface area contributed by atoms with Gasteiger partial charge in [-0.25, -0.2) is 0 Å². The summed E-state index contributed by atoms with van der Waals surface area (Å²) in [5.41, 5.74) is 4.01. The van der Waals surface area contributed by atoms with Gasteiger partial charge in [0.1, 0.15) is 11.9 Å². The van der Waals surface area contributed by atoms with Crippen LogP contribution in [0.3, 0.4) is 0 Å². The molecule has 20 heavy (non-hydrogen) atoms. The predicted octanol–water partition coefficient (Wildman–Crippen LogP) is 5.46. The molecule has 0 aromatic heterocycles. The van der Waals surface area contributed by atoms with Crippen LogP contribution in [0.2, 0.25) is 0 Å². The van der Waals surface area contributed by atoms with E-state index in [-0.39, 0.29) is 6.10 Å². The van der Waals surface area contributed by atoms with Crippen LogP contribution >= 0.6 is 15.9 Å². The Morgan fingerprint density at radius 2 is 1.95 bits per heavy atom. The average molecular weight is 331 g/mol. The fourth-order valence-corrected chi connectivity index (χ4v) is 3.49. The van der Waals surface area contributed by atoms with Gasteiger partial charge >= 0.3 is 0 Å². The Kier molecular flexibility index (Phi) is 3.84. The number of rotatable bonds is 2. The molecule has 0 aliphatic heterocycles. The lowest BCUT2D eigenvalue weighted by Crippen LogP contribution is -2.23. The lowest BCUT2D eigenvalue weighted by Gasteiger charge is -2.32. The van der Waals surface area contributed by atoms with Crippen LogP contribution < -0.4 is 4.74 Å². The van der Waals surface area contributed by atoms with E-state index in [1.807, 2.05) is 0 Å². The monoisotopic (exact) mass is 330 g/mol. The van der Waals surface area contributed by atoms with Crippen LogP contribution in [-0.2, 0) is 6.42 Å². The zero-order valence-electron chi connectivity index (χ0n) is 11.9. The summed E-state index contributed by atoms with van der Waals surface area (Å²) in [7, 11) is 0. The molecule has 0 bridgehead atoms. The number of fused-ring (bicyclic) bond motifs is 1. The number of hydrogen-bond acceptors (Lipinski definition) is 1. The van der Waals surface area contributed by atoms with Crippen molar-refractivity contribution in [1.82, 2.24) is 0 Å². The highest BCUT2D eigenvalue weighted by Crippen LogP contribution is 2.39. The maximum atomic E-state index is 6.33. The van der Waals surface area contributed by atoms with Crippen molar-refractivity contribution >= 4 is 15.9 Å². The molecule has 0 N–H and O–H groups in total. The first kappa shape index (κ1) is 13.7. The predicted molar refractivity (Wildman–Crippen MR) is 86.2 cm³/mol. The number of hydrogen-bond donors (Lipinski definition) is 0. The molecule has 0 saturated heterocycles. The van der Waals surface area contributed by atoms with Crippen molar-refractivity contribution in [1.29, 1.82) is 0 Å². The lowest BCUT2D eigenvalue weighted by atomic mass is 9.82. The first-order valence-corrected chi connectivity index (χ1v) is 7.95. The Labute approximate surface area is 129 Å². The molecule has 2 aromatic carbocycles. The second-order valence-corrected chi connectivity index (χ2v) is 6.54. The molecule has 0 fully saturated rings. The molecule has 0 spiro atoms. The summed E-state index contributed by atoms with van der Waals surface area (Å²) in [4.78, 5) is 0. The summed E-state index contributed by atoms with van der Waals surface area (Å²) in [6.07, 6.45) is 2.50. The summed E-state index contributed by atoms with van der Waals surface area (Å²) in [6.45, 7) is 4.37. The Hall–Kier alpha value is -1.28. The van der Waals surface area contributed by atoms with Gasteiger partial charge in [0.05, 0.1) is 4.47 Å². The van der Waals surface area contributed by atoms with Crippen LogP contribution in [0, 0.1) is 12.8 Å². The molecule has 1 aliphatic carbocycles. The summed E-state index contributed by atoms with van der Waals surface area (Å²) in [5, 5.41) is 0. The van der Waals surface area contributed by atoms with Gasteiger partial charge in [0, 0.05) is 0 Å². The van der Waals surface area contributed by atoms with Crippen LogP contribution in [-0.4, -0.2) is 0 Å². The van der Waals surface area contributed by atoms with Crippen molar-refractivity contribution in [2.24, 2.45) is 5.92 Å². The quantitative estimate of drug-likeness (QED) is 0.710. The zero-order chi connectivity index (χ0) is 14.1. The van der Waals surface area contributed by atoms with Crippen molar-refractivity contribution in [3.05, 3.63) is 63.6 Å². The molecular formula is C18H19BrO. The van der Waals surface area contributed by atoms with E-state index >= 15 is 0 Å². The first-order chi connectivity index (χ1) is 9.65. The molecule has 104 valence electrons. The molecule has 2 heteroatoms. The second-order valence-electron chi connectivity index (χ2n) is 5.69. The van der Waals surface area contributed by atoms with E-state index in [0.29, 0.717) is 5.92 Å². The summed E-state index contributed by atoms with van der Waals surface area (Å²) in [5.74, 6) is 1.47. The smallest absolute Gasteiger partial charge is 0.134 e. The fourth-order valence-electron chi connectivity index (χ4n) is 2.90. The molecule has 3 rings (SSSR count). The number of ether oxygens (including phenoxy) is 1. The second kappa shape index (κ2) is 5.61. The third kappa shape index (κ3) is 2.62. The third-order valence-electron chi connectivity index (χ3n) is 4.09. The van der Waals surface area contributed by atoms with Crippen molar-refractivity contribution < 1.29 is 4.74 Å². The minimum atomic E-state index is 0.152. The number of benzene rings is 2. The number of aryl methyl sites for hydroxylation is 2. The van der Waals surface area contributed by atoms with Gasteiger partial charge in [-0.1, -0.05) is 37.3 Å². The zero-order valence-corrected chi connectivity index (χ0v) is 13.5. The normalized spacial score (nSPS) is 21.4. The van der Waals surface area contributed by atoms with Gasteiger partial charge in [-0.2, -0.15) is 0 Å². The topological polar surface area (TPSA) is 9.23 Å². The molecule has 0 radical (unpaired) electrons. The van der Waals surface area contributed by atoms with Gasteiger partial charge < -0.3 is 4.74 Å². The van der Waals surface area contributed by atoms with E-state index in [1.54, 1.807) is 0 Å². The first-order valence-electron chi connectivity index (χ1n) is 7.16.